The molecular weight excluding hydrogens is 312 g/mol. The van der Waals surface area contributed by atoms with Gasteiger partial charge < -0.3 is 5.32 Å². The van der Waals surface area contributed by atoms with E-state index in [2.05, 4.69) is 43.1 Å². The van der Waals surface area contributed by atoms with Crippen molar-refractivity contribution in [3.8, 4) is 0 Å². The Morgan fingerprint density at radius 3 is 2.84 bits per heavy atom. The second kappa shape index (κ2) is 7.51. The predicted molar refractivity (Wildman–Crippen MR) is 102 cm³/mol. The molecule has 1 N–H and O–H groups in total. The summed E-state index contributed by atoms with van der Waals surface area (Å²) in [7, 11) is 0. The molecule has 2 aromatic carbocycles. The number of nitrogens with zero attached hydrogens (tertiary/aromatic N) is 1. The van der Waals surface area contributed by atoms with E-state index < -0.39 is 0 Å². The number of nitro groups is 1. The maximum atomic E-state index is 11.5. The monoisotopic (exact) mass is 336 g/mol. The Balaban J connectivity index is 1.97. The minimum atomic E-state index is -0.215. The fourth-order valence-electron chi connectivity index (χ4n) is 3.80. The van der Waals surface area contributed by atoms with Crippen LogP contribution >= 0.6 is 0 Å². The second-order valence-corrected chi connectivity index (χ2v) is 6.67. The van der Waals surface area contributed by atoms with Gasteiger partial charge in [0.25, 0.3) is 5.70 Å². The van der Waals surface area contributed by atoms with Crippen LogP contribution in [0.15, 0.2) is 66.5 Å². The van der Waals surface area contributed by atoms with Gasteiger partial charge in [0.15, 0.2) is 0 Å². The number of hydrogen-bond acceptors (Lipinski definition) is 3. The van der Waals surface area contributed by atoms with Crippen LogP contribution in [0.2, 0.25) is 0 Å². The van der Waals surface area contributed by atoms with Gasteiger partial charge in [0.05, 0.1) is 10.6 Å². The molecule has 0 heterocycles. The van der Waals surface area contributed by atoms with Crippen molar-refractivity contribution in [1.29, 1.82) is 0 Å². The number of rotatable bonds is 6. The summed E-state index contributed by atoms with van der Waals surface area (Å²) in [5, 5.41) is 17.4. The van der Waals surface area contributed by atoms with Crippen molar-refractivity contribution in [1.82, 2.24) is 5.32 Å². The van der Waals surface area contributed by atoms with Crippen molar-refractivity contribution in [2.24, 2.45) is 5.92 Å². The average Bonchev–Trinajstić information content (AvgIpc) is 2.62. The largest absolute Gasteiger partial charge is 0.376 e. The Morgan fingerprint density at radius 2 is 2.08 bits per heavy atom. The first-order valence-electron chi connectivity index (χ1n) is 8.84. The first kappa shape index (κ1) is 17.2. The summed E-state index contributed by atoms with van der Waals surface area (Å²) < 4.78 is 0. The van der Waals surface area contributed by atoms with Crippen LogP contribution in [0.3, 0.4) is 0 Å². The highest BCUT2D eigenvalue weighted by Crippen LogP contribution is 2.34. The molecule has 0 spiro atoms. The third-order valence-electron chi connectivity index (χ3n) is 5.02. The van der Waals surface area contributed by atoms with E-state index in [-0.39, 0.29) is 16.9 Å². The smallest absolute Gasteiger partial charge is 0.265 e. The van der Waals surface area contributed by atoms with E-state index in [4.69, 9.17) is 0 Å². The molecule has 0 saturated heterocycles. The number of allylic oxidation sites excluding steroid dienone is 3. The van der Waals surface area contributed by atoms with Crippen LogP contribution in [0.1, 0.15) is 44.2 Å². The zero-order chi connectivity index (χ0) is 17.8. The highest BCUT2D eigenvalue weighted by molar-refractivity contribution is 5.86. The lowest BCUT2D eigenvalue weighted by atomic mass is 9.87. The van der Waals surface area contributed by atoms with Crippen molar-refractivity contribution in [2.75, 3.05) is 0 Å². The van der Waals surface area contributed by atoms with E-state index in [0.29, 0.717) is 12.1 Å². The van der Waals surface area contributed by atoms with Crippen LogP contribution in [0.5, 0.6) is 0 Å². The van der Waals surface area contributed by atoms with Gasteiger partial charge in [-0.05, 0) is 42.5 Å². The van der Waals surface area contributed by atoms with Crippen molar-refractivity contribution >= 4 is 10.8 Å². The molecule has 0 unspecified atom stereocenters. The minimum absolute atomic E-state index is 0.00136. The fourth-order valence-corrected chi connectivity index (χ4v) is 3.80. The summed E-state index contributed by atoms with van der Waals surface area (Å²) in [6.07, 6.45) is 4.99. The van der Waals surface area contributed by atoms with Gasteiger partial charge in [-0.3, -0.25) is 10.1 Å². The topological polar surface area (TPSA) is 55.2 Å². The van der Waals surface area contributed by atoms with Gasteiger partial charge in [0.2, 0.25) is 0 Å². The SMILES string of the molecule is C=CC[C@H]1CCCC([N+](=O)[O-])=C1N[C@@H](C)c1cccc2ccccc12. The summed E-state index contributed by atoms with van der Waals surface area (Å²) in [5.74, 6) is 0.157. The molecule has 2 aromatic rings. The highest BCUT2D eigenvalue weighted by Gasteiger charge is 2.30. The molecule has 0 bridgehead atoms. The molecule has 0 fully saturated rings. The molecule has 0 amide bonds. The van der Waals surface area contributed by atoms with Gasteiger partial charge in [0.1, 0.15) is 0 Å². The van der Waals surface area contributed by atoms with E-state index in [9.17, 15) is 10.1 Å². The Kier molecular flexibility index (Phi) is 5.17. The van der Waals surface area contributed by atoms with Crippen LogP contribution in [-0.2, 0) is 0 Å². The van der Waals surface area contributed by atoms with E-state index in [1.807, 2.05) is 24.3 Å². The molecule has 4 nitrogen and oxygen atoms in total. The number of nitrogens with one attached hydrogen (secondary N) is 1. The van der Waals surface area contributed by atoms with Crippen molar-refractivity contribution in [3.63, 3.8) is 0 Å². The zero-order valence-corrected chi connectivity index (χ0v) is 14.6. The Labute approximate surface area is 148 Å². The second-order valence-electron chi connectivity index (χ2n) is 6.67. The van der Waals surface area contributed by atoms with Gasteiger partial charge in [-0.1, -0.05) is 48.5 Å². The van der Waals surface area contributed by atoms with E-state index in [0.717, 1.165) is 30.5 Å². The molecule has 0 radical (unpaired) electrons. The summed E-state index contributed by atoms with van der Waals surface area (Å²) in [6.45, 7) is 5.89. The molecule has 0 saturated carbocycles. The lowest BCUT2D eigenvalue weighted by Crippen LogP contribution is -2.29. The Hall–Kier alpha value is -2.62. The molecule has 3 rings (SSSR count). The number of benzene rings is 2. The van der Waals surface area contributed by atoms with Crippen molar-refractivity contribution in [2.45, 2.75) is 38.6 Å². The molecule has 1 aliphatic carbocycles. The average molecular weight is 336 g/mol. The molecule has 130 valence electrons. The van der Waals surface area contributed by atoms with Crippen LogP contribution in [-0.4, -0.2) is 4.92 Å². The third kappa shape index (κ3) is 3.58. The van der Waals surface area contributed by atoms with Crippen LogP contribution in [0.4, 0.5) is 0 Å². The number of fused-ring (bicyclic) bond motifs is 1. The molecule has 25 heavy (non-hydrogen) atoms. The highest BCUT2D eigenvalue weighted by atomic mass is 16.6. The number of hydrogen-bond donors (Lipinski definition) is 1. The lowest BCUT2D eigenvalue weighted by molar-refractivity contribution is -0.431. The maximum absolute atomic E-state index is 11.5. The molecule has 2 atom stereocenters. The molecule has 4 heteroatoms. The fraction of sp³-hybridized carbons (Fsp3) is 0.333. The normalized spacial score (nSPS) is 18.8. The predicted octanol–water partition coefficient (Wildman–Crippen LogP) is 5.35. The first-order chi connectivity index (χ1) is 12.1. The Morgan fingerprint density at radius 1 is 1.32 bits per heavy atom. The van der Waals surface area contributed by atoms with Gasteiger partial charge in [0, 0.05) is 18.4 Å². The van der Waals surface area contributed by atoms with Crippen molar-refractivity contribution in [3.05, 3.63) is 82.2 Å². The standard InChI is InChI=1S/C21H24N2O2/c1-3-8-17-11-7-14-20(23(24)25)21(17)22-15(2)18-13-6-10-16-9-4-5-12-19(16)18/h3-6,9-10,12-13,15,17,22H,1,7-8,11,14H2,2H3/t15-,17-/m0/s1. The van der Waals surface area contributed by atoms with Gasteiger partial charge in [-0.15, -0.1) is 6.58 Å². The lowest BCUT2D eigenvalue weighted by Gasteiger charge is -2.28. The molecular formula is C21H24N2O2. The summed E-state index contributed by atoms with van der Waals surface area (Å²) >= 11 is 0. The van der Waals surface area contributed by atoms with Gasteiger partial charge in [-0.25, -0.2) is 0 Å². The van der Waals surface area contributed by atoms with E-state index in [1.54, 1.807) is 0 Å². The van der Waals surface area contributed by atoms with Crippen molar-refractivity contribution < 1.29 is 4.92 Å². The van der Waals surface area contributed by atoms with E-state index in [1.165, 1.54) is 10.8 Å². The van der Waals surface area contributed by atoms with Crippen LogP contribution in [0, 0.1) is 16.0 Å². The molecule has 0 aromatic heterocycles. The minimum Gasteiger partial charge on any atom is -0.376 e. The first-order valence-corrected chi connectivity index (χ1v) is 8.84. The summed E-state index contributed by atoms with van der Waals surface area (Å²) in [6, 6.07) is 14.5. The summed E-state index contributed by atoms with van der Waals surface area (Å²) in [5.41, 5.74) is 2.29. The Bertz CT molecular complexity index is 820. The molecule has 0 aliphatic heterocycles. The van der Waals surface area contributed by atoms with Crippen LogP contribution in [0.25, 0.3) is 10.8 Å². The van der Waals surface area contributed by atoms with Crippen LogP contribution < -0.4 is 5.32 Å². The summed E-state index contributed by atoms with van der Waals surface area (Å²) in [4.78, 5) is 11.3. The quantitative estimate of drug-likeness (QED) is 0.439. The van der Waals surface area contributed by atoms with Gasteiger partial charge >= 0.3 is 0 Å². The van der Waals surface area contributed by atoms with Gasteiger partial charge in [-0.2, -0.15) is 0 Å². The molecule has 1 aliphatic rings. The zero-order valence-electron chi connectivity index (χ0n) is 14.6. The third-order valence-corrected chi connectivity index (χ3v) is 5.02. The van der Waals surface area contributed by atoms with E-state index >= 15 is 0 Å². The maximum Gasteiger partial charge on any atom is 0.265 e.